The number of hydrogen-bond donors (Lipinski definition) is 1. The van der Waals surface area contributed by atoms with Crippen LogP contribution >= 0.6 is 23.2 Å². The standard InChI is InChI=1S/C25H20Cl2N2O3/c1-14-23(25(30)29-21-11-9-16(31-2)13-22(21)32-3)18-6-4-5-7-20(18)28-24(14)17-10-8-15(26)12-19(17)27/h4-13H,1-3H3,(H,29,30). The van der Waals surface area contributed by atoms with Crippen LogP contribution in [0.15, 0.2) is 60.7 Å². The molecule has 0 fully saturated rings. The van der Waals surface area contributed by atoms with Gasteiger partial charge in [0.25, 0.3) is 5.91 Å². The van der Waals surface area contributed by atoms with Gasteiger partial charge in [-0.3, -0.25) is 4.79 Å². The van der Waals surface area contributed by atoms with Crippen LogP contribution in [-0.4, -0.2) is 25.1 Å². The Morgan fingerprint density at radius 3 is 2.47 bits per heavy atom. The van der Waals surface area contributed by atoms with Crippen LogP contribution in [0.3, 0.4) is 0 Å². The number of nitrogens with zero attached hydrogens (tertiary/aromatic N) is 1. The molecule has 0 aliphatic rings. The first-order chi connectivity index (χ1) is 15.4. The second kappa shape index (κ2) is 9.07. The molecule has 1 amide bonds. The number of nitrogens with one attached hydrogen (secondary N) is 1. The number of amides is 1. The van der Waals surface area contributed by atoms with E-state index in [0.717, 1.165) is 5.39 Å². The van der Waals surface area contributed by atoms with Crippen molar-refractivity contribution in [1.29, 1.82) is 0 Å². The molecule has 0 radical (unpaired) electrons. The average molecular weight is 467 g/mol. The van der Waals surface area contributed by atoms with E-state index in [4.69, 9.17) is 37.7 Å². The molecule has 0 aliphatic carbocycles. The van der Waals surface area contributed by atoms with Crippen LogP contribution in [0.2, 0.25) is 10.0 Å². The minimum Gasteiger partial charge on any atom is -0.497 e. The zero-order valence-electron chi connectivity index (χ0n) is 17.7. The van der Waals surface area contributed by atoms with E-state index in [-0.39, 0.29) is 5.91 Å². The first-order valence-corrected chi connectivity index (χ1v) is 10.6. The van der Waals surface area contributed by atoms with E-state index in [1.807, 2.05) is 37.3 Å². The molecule has 4 aromatic rings. The lowest BCUT2D eigenvalue weighted by molar-refractivity contribution is 0.102. The van der Waals surface area contributed by atoms with Gasteiger partial charge in [-0.15, -0.1) is 0 Å². The van der Waals surface area contributed by atoms with Crippen LogP contribution in [0.25, 0.3) is 22.2 Å². The second-order valence-corrected chi connectivity index (χ2v) is 7.97. The highest BCUT2D eigenvalue weighted by molar-refractivity contribution is 6.36. The fourth-order valence-corrected chi connectivity index (χ4v) is 4.13. The van der Waals surface area contributed by atoms with E-state index in [2.05, 4.69) is 5.32 Å². The Kier molecular flexibility index (Phi) is 6.21. The molecule has 0 atom stereocenters. The van der Waals surface area contributed by atoms with Crippen molar-refractivity contribution in [3.05, 3.63) is 81.8 Å². The Labute approximate surface area is 195 Å². The summed E-state index contributed by atoms with van der Waals surface area (Å²) in [5, 5.41) is 4.70. The number of aromatic nitrogens is 1. The van der Waals surface area contributed by atoms with E-state index < -0.39 is 0 Å². The minimum absolute atomic E-state index is 0.282. The van der Waals surface area contributed by atoms with Crippen LogP contribution in [0, 0.1) is 6.92 Å². The van der Waals surface area contributed by atoms with Crippen LogP contribution < -0.4 is 14.8 Å². The smallest absolute Gasteiger partial charge is 0.256 e. The Bertz CT molecular complexity index is 1340. The number of carbonyl (C=O) groups excluding carboxylic acids is 1. The number of methoxy groups -OCH3 is 2. The number of benzene rings is 3. The van der Waals surface area contributed by atoms with Gasteiger partial charge in [-0.2, -0.15) is 0 Å². The summed E-state index contributed by atoms with van der Waals surface area (Å²) in [7, 11) is 3.11. The van der Waals surface area contributed by atoms with Gasteiger partial charge in [-0.1, -0.05) is 41.4 Å². The number of anilines is 1. The lowest BCUT2D eigenvalue weighted by Gasteiger charge is -2.17. The summed E-state index contributed by atoms with van der Waals surface area (Å²) >= 11 is 12.5. The van der Waals surface area contributed by atoms with Crippen molar-refractivity contribution in [1.82, 2.24) is 4.98 Å². The minimum atomic E-state index is -0.282. The van der Waals surface area contributed by atoms with Gasteiger partial charge in [-0.25, -0.2) is 4.98 Å². The lowest BCUT2D eigenvalue weighted by Crippen LogP contribution is -2.16. The van der Waals surface area contributed by atoms with Gasteiger partial charge < -0.3 is 14.8 Å². The lowest BCUT2D eigenvalue weighted by atomic mass is 9.97. The molecule has 3 aromatic carbocycles. The van der Waals surface area contributed by atoms with Gasteiger partial charge in [0.1, 0.15) is 11.5 Å². The molecule has 0 saturated heterocycles. The summed E-state index contributed by atoms with van der Waals surface area (Å²) in [6.45, 7) is 1.86. The summed E-state index contributed by atoms with van der Waals surface area (Å²) < 4.78 is 10.7. The van der Waals surface area contributed by atoms with Gasteiger partial charge >= 0.3 is 0 Å². The average Bonchev–Trinajstić information content (AvgIpc) is 2.79. The molecule has 162 valence electrons. The summed E-state index contributed by atoms with van der Waals surface area (Å²) in [6, 6.07) is 17.9. The monoisotopic (exact) mass is 466 g/mol. The maximum Gasteiger partial charge on any atom is 0.256 e. The molecule has 1 aromatic heterocycles. The van der Waals surface area contributed by atoms with E-state index in [1.165, 1.54) is 7.11 Å². The van der Waals surface area contributed by atoms with Gasteiger partial charge in [0.05, 0.1) is 41.7 Å². The predicted octanol–water partition coefficient (Wildman–Crippen LogP) is 6.79. The SMILES string of the molecule is COc1ccc(NC(=O)c2c(C)c(-c3ccc(Cl)cc3Cl)nc3ccccc23)c(OC)c1. The van der Waals surface area contributed by atoms with Crippen molar-refractivity contribution in [3.63, 3.8) is 0 Å². The number of fused-ring (bicyclic) bond motifs is 1. The molecule has 0 saturated carbocycles. The molecular weight excluding hydrogens is 447 g/mol. The molecule has 0 unspecified atom stereocenters. The van der Waals surface area contributed by atoms with Crippen LogP contribution in [-0.2, 0) is 0 Å². The maximum absolute atomic E-state index is 13.5. The number of para-hydroxylation sites is 1. The zero-order chi connectivity index (χ0) is 22.8. The quantitative estimate of drug-likeness (QED) is 0.351. The third-order valence-electron chi connectivity index (χ3n) is 5.21. The molecule has 7 heteroatoms. The summed E-state index contributed by atoms with van der Waals surface area (Å²) in [5.74, 6) is 0.843. The first kappa shape index (κ1) is 21.9. The Balaban J connectivity index is 1.86. The molecule has 5 nitrogen and oxygen atoms in total. The van der Waals surface area contributed by atoms with E-state index in [1.54, 1.807) is 37.4 Å². The van der Waals surface area contributed by atoms with E-state index in [0.29, 0.717) is 55.1 Å². The van der Waals surface area contributed by atoms with Crippen molar-refractivity contribution in [2.45, 2.75) is 6.92 Å². The predicted molar refractivity (Wildman–Crippen MR) is 129 cm³/mol. The summed E-state index contributed by atoms with van der Waals surface area (Å²) in [4.78, 5) is 18.3. The Hall–Kier alpha value is -3.28. The van der Waals surface area contributed by atoms with Crippen LogP contribution in [0.5, 0.6) is 11.5 Å². The van der Waals surface area contributed by atoms with Crippen molar-refractivity contribution in [2.75, 3.05) is 19.5 Å². The fraction of sp³-hybridized carbons (Fsp3) is 0.120. The van der Waals surface area contributed by atoms with Gasteiger partial charge in [0.15, 0.2) is 0 Å². The van der Waals surface area contributed by atoms with Gasteiger partial charge in [-0.05, 0) is 48.9 Å². The fourth-order valence-electron chi connectivity index (χ4n) is 3.63. The van der Waals surface area contributed by atoms with Crippen molar-refractivity contribution in [2.24, 2.45) is 0 Å². The summed E-state index contributed by atoms with van der Waals surface area (Å²) in [5.41, 5.74) is 3.76. The number of carbonyl (C=O) groups is 1. The zero-order valence-corrected chi connectivity index (χ0v) is 19.2. The normalized spacial score (nSPS) is 10.8. The Morgan fingerprint density at radius 1 is 0.969 bits per heavy atom. The molecule has 0 aliphatic heterocycles. The summed E-state index contributed by atoms with van der Waals surface area (Å²) in [6.07, 6.45) is 0. The number of rotatable bonds is 5. The van der Waals surface area contributed by atoms with Crippen LogP contribution in [0.4, 0.5) is 5.69 Å². The number of halogens is 2. The molecule has 1 N–H and O–H groups in total. The molecule has 1 heterocycles. The highest BCUT2D eigenvalue weighted by Gasteiger charge is 2.21. The maximum atomic E-state index is 13.5. The van der Waals surface area contributed by atoms with Gasteiger partial charge in [0.2, 0.25) is 0 Å². The van der Waals surface area contributed by atoms with Crippen LogP contribution in [0.1, 0.15) is 15.9 Å². The largest absolute Gasteiger partial charge is 0.497 e. The molecule has 0 bridgehead atoms. The van der Waals surface area contributed by atoms with E-state index in [9.17, 15) is 4.79 Å². The third kappa shape index (κ3) is 4.09. The van der Waals surface area contributed by atoms with Gasteiger partial charge in [0, 0.05) is 22.0 Å². The molecular formula is C25H20Cl2N2O3. The Morgan fingerprint density at radius 2 is 1.75 bits per heavy atom. The number of pyridine rings is 1. The topological polar surface area (TPSA) is 60.5 Å². The molecule has 32 heavy (non-hydrogen) atoms. The molecule has 4 rings (SSSR count). The number of hydrogen-bond acceptors (Lipinski definition) is 4. The second-order valence-electron chi connectivity index (χ2n) is 7.12. The van der Waals surface area contributed by atoms with Crippen molar-refractivity contribution < 1.29 is 14.3 Å². The van der Waals surface area contributed by atoms with E-state index >= 15 is 0 Å². The number of ether oxygens (including phenoxy) is 2. The highest BCUT2D eigenvalue weighted by Crippen LogP contribution is 2.36. The van der Waals surface area contributed by atoms with Crippen molar-refractivity contribution in [3.8, 4) is 22.8 Å². The highest BCUT2D eigenvalue weighted by atomic mass is 35.5. The molecule has 0 spiro atoms. The first-order valence-electron chi connectivity index (χ1n) is 9.81. The van der Waals surface area contributed by atoms with Crippen molar-refractivity contribution >= 4 is 45.7 Å². The third-order valence-corrected chi connectivity index (χ3v) is 5.75.